The number of hydrogen-bond acceptors (Lipinski definition) is 5. The van der Waals surface area contributed by atoms with Gasteiger partial charge in [-0.3, -0.25) is 0 Å². The van der Waals surface area contributed by atoms with E-state index in [1.54, 1.807) is 0 Å². The van der Waals surface area contributed by atoms with Crippen LogP contribution in [-0.2, 0) is 11.8 Å². The van der Waals surface area contributed by atoms with Crippen molar-refractivity contribution in [3.63, 3.8) is 0 Å². The number of aliphatic hydroxyl groups excluding tert-OH is 2. The van der Waals surface area contributed by atoms with Crippen LogP contribution in [0.5, 0.6) is 0 Å². The van der Waals surface area contributed by atoms with Crippen LogP contribution in [0.3, 0.4) is 0 Å². The van der Waals surface area contributed by atoms with Gasteiger partial charge in [0, 0.05) is 42.4 Å². The van der Waals surface area contributed by atoms with Gasteiger partial charge in [0.05, 0.1) is 24.0 Å². The molecule has 1 aromatic heterocycles. The van der Waals surface area contributed by atoms with Gasteiger partial charge in [-0.2, -0.15) is 4.57 Å². The van der Waals surface area contributed by atoms with Gasteiger partial charge < -0.3 is 25.0 Å². The molecule has 0 saturated carbocycles. The molecule has 166 valence electrons. The number of aryl methyl sites for hydroxylation is 1. The van der Waals surface area contributed by atoms with Crippen molar-refractivity contribution in [1.82, 2.24) is 0 Å². The molecule has 0 fully saturated rings. The Morgan fingerprint density at radius 3 is 1.72 bits per heavy atom. The van der Waals surface area contributed by atoms with Crippen LogP contribution < -0.4 is 14.6 Å². The number of fused-ring (bicyclic) bond motifs is 2. The Hall–Kier alpha value is -3.48. The molecule has 0 aliphatic rings. The fourth-order valence-corrected chi connectivity index (χ4v) is 3.99. The first-order valence-electron chi connectivity index (χ1n) is 10.5. The van der Waals surface area contributed by atoms with Gasteiger partial charge in [-0.1, -0.05) is 36.4 Å². The molecule has 0 spiro atoms. The third-order valence-electron chi connectivity index (χ3n) is 5.33. The fraction of sp³-hybridized carbons (Fsp3) is 0.231. The van der Waals surface area contributed by atoms with Crippen LogP contribution >= 0.6 is 0 Å². The summed E-state index contributed by atoms with van der Waals surface area (Å²) >= 11 is 0. The summed E-state index contributed by atoms with van der Waals surface area (Å²) in [6.07, 6.45) is 0. The molecule has 3 aromatic carbocycles. The van der Waals surface area contributed by atoms with Crippen molar-refractivity contribution in [2.75, 3.05) is 31.2 Å². The van der Waals surface area contributed by atoms with Crippen molar-refractivity contribution in [3.05, 3.63) is 72.8 Å². The summed E-state index contributed by atoms with van der Waals surface area (Å²) in [7, 11) is 2.11. The lowest BCUT2D eigenvalue weighted by atomic mass is 9.95. The number of rotatable bonds is 6. The minimum Gasteiger partial charge on any atom is -0.550 e. The van der Waals surface area contributed by atoms with Crippen LogP contribution in [0, 0.1) is 0 Å². The number of aliphatic hydroxyl groups is 2. The predicted octanol–water partition coefficient (Wildman–Crippen LogP) is 2.03. The molecule has 4 rings (SSSR count). The summed E-state index contributed by atoms with van der Waals surface area (Å²) < 4.78 is 2.24. The predicted molar refractivity (Wildman–Crippen MR) is 125 cm³/mol. The van der Waals surface area contributed by atoms with Gasteiger partial charge in [0.1, 0.15) is 7.05 Å². The molecule has 0 saturated heterocycles. The number of carboxylic acid groups (broad SMARTS) is 1. The number of carbonyl (C=O) groups is 1. The Bertz CT molecular complexity index is 1140. The van der Waals surface area contributed by atoms with Crippen molar-refractivity contribution < 1.29 is 24.7 Å². The number of nitrogens with zero attached hydrogens (tertiary/aromatic N) is 2. The van der Waals surface area contributed by atoms with Gasteiger partial charge in [-0.05, 0) is 36.8 Å². The van der Waals surface area contributed by atoms with E-state index in [0.29, 0.717) is 13.1 Å². The third kappa shape index (κ3) is 5.04. The van der Waals surface area contributed by atoms with Crippen LogP contribution in [0.1, 0.15) is 6.92 Å². The molecule has 0 aliphatic carbocycles. The van der Waals surface area contributed by atoms with Crippen molar-refractivity contribution in [2.24, 2.45) is 7.05 Å². The maximum atomic E-state index is 9.29. The summed E-state index contributed by atoms with van der Waals surface area (Å²) in [4.78, 5) is 10.9. The van der Waals surface area contributed by atoms with Gasteiger partial charge in [-0.25, -0.2) is 0 Å². The highest BCUT2D eigenvalue weighted by atomic mass is 16.4. The Kier molecular flexibility index (Phi) is 7.76. The molecule has 0 aliphatic heterocycles. The molecule has 2 N–H and O–H groups in total. The van der Waals surface area contributed by atoms with Gasteiger partial charge in [0.2, 0.25) is 11.0 Å². The maximum Gasteiger partial charge on any atom is 0.213 e. The standard InChI is InChI=1S/C24H25N2O2.C2H4O2/c1-25-22-8-4-2-6-20(22)24(21-7-3-5-9-23(21)25)18-10-12-19(13-11-18)26(14-16-27)15-17-28;1-2(3)4/h2-13,27-28H,14-17H2,1H3;1H3,(H,3,4)/q+1;/p-1. The Labute approximate surface area is 187 Å². The number of para-hydroxylation sites is 2. The number of pyridine rings is 1. The SMILES string of the molecule is CC(=O)[O-].C[n+]1c2ccccc2c(-c2ccc(N(CCO)CCO)cc2)c2ccccc21. The number of benzene rings is 3. The molecule has 6 heteroatoms. The van der Waals surface area contributed by atoms with E-state index in [9.17, 15) is 10.2 Å². The molecule has 32 heavy (non-hydrogen) atoms. The average Bonchev–Trinajstić information content (AvgIpc) is 2.79. The summed E-state index contributed by atoms with van der Waals surface area (Å²) in [5, 5.41) is 29.9. The van der Waals surface area contributed by atoms with Crippen LogP contribution in [0.25, 0.3) is 32.9 Å². The van der Waals surface area contributed by atoms with Crippen LogP contribution in [-0.4, -0.2) is 42.5 Å². The number of carbonyl (C=O) groups excluding carboxylic acids is 1. The highest BCUT2D eigenvalue weighted by molar-refractivity contribution is 6.07. The van der Waals surface area contributed by atoms with Crippen LogP contribution in [0.15, 0.2) is 72.8 Å². The molecule has 6 nitrogen and oxygen atoms in total. The summed E-state index contributed by atoms with van der Waals surface area (Å²) in [6.45, 7) is 2.11. The summed E-state index contributed by atoms with van der Waals surface area (Å²) in [5.74, 6) is -1.08. The van der Waals surface area contributed by atoms with Gasteiger partial charge in [0.15, 0.2) is 0 Å². The van der Waals surface area contributed by atoms with Gasteiger partial charge >= 0.3 is 0 Å². The topological polar surface area (TPSA) is 87.7 Å². The van der Waals surface area contributed by atoms with Crippen molar-refractivity contribution in [2.45, 2.75) is 6.92 Å². The second-order valence-corrected chi connectivity index (χ2v) is 7.44. The minimum absolute atomic E-state index is 0.0617. The molecule has 0 bridgehead atoms. The van der Waals surface area contributed by atoms with E-state index in [-0.39, 0.29) is 13.2 Å². The number of carboxylic acids is 1. The first kappa shape index (κ1) is 23.2. The number of anilines is 1. The molecular formula is C26H28N2O4. The zero-order valence-corrected chi connectivity index (χ0v) is 18.4. The second kappa shape index (κ2) is 10.7. The molecule has 0 unspecified atom stereocenters. The van der Waals surface area contributed by atoms with E-state index in [0.717, 1.165) is 18.2 Å². The molecule has 4 aromatic rings. The zero-order valence-electron chi connectivity index (χ0n) is 18.4. The molecule has 0 radical (unpaired) electrons. The number of aromatic nitrogens is 1. The van der Waals surface area contributed by atoms with Crippen molar-refractivity contribution in [1.29, 1.82) is 0 Å². The molecule has 0 amide bonds. The quantitative estimate of drug-likeness (QED) is 0.360. The Balaban J connectivity index is 0.000000668. The van der Waals surface area contributed by atoms with E-state index >= 15 is 0 Å². The Morgan fingerprint density at radius 2 is 1.28 bits per heavy atom. The first-order chi connectivity index (χ1) is 15.5. The van der Waals surface area contributed by atoms with Gasteiger partial charge in [0.25, 0.3) is 0 Å². The lowest BCUT2D eigenvalue weighted by molar-refractivity contribution is -0.617. The highest BCUT2D eigenvalue weighted by Gasteiger charge is 2.18. The Morgan fingerprint density at radius 1 is 0.844 bits per heavy atom. The van der Waals surface area contributed by atoms with E-state index in [1.807, 2.05) is 4.90 Å². The monoisotopic (exact) mass is 432 g/mol. The van der Waals surface area contributed by atoms with Crippen LogP contribution in [0.2, 0.25) is 0 Å². The normalized spacial score (nSPS) is 10.6. The summed E-state index contributed by atoms with van der Waals surface area (Å²) in [6, 6.07) is 25.4. The van der Waals surface area contributed by atoms with Crippen molar-refractivity contribution >= 4 is 33.5 Å². The maximum absolute atomic E-state index is 9.29. The molecule has 1 heterocycles. The average molecular weight is 433 g/mol. The number of aliphatic carboxylic acids is 1. The summed E-state index contributed by atoms with van der Waals surface area (Å²) in [5.41, 5.74) is 5.78. The third-order valence-corrected chi connectivity index (χ3v) is 5.33. The van der Waals surface area contributed by atoms with E-state index in [4.69, 9.17) is 9.90 Å². The van der Waals surface area contributed by atoms with Gasteiger partial charge in [-0.15, -0.1) is 0 Å². The second-order valence-electron chi connectivity index (χ2n) is 7.44. The lowest BCUT2D eigenvalue weighted by Gasteiger charge is -2.23. The zero-order chi connectivity index (χ0) is 23.1. The van der Waals surface area contributed by atoms with Crippen LogP contribution in [0.4, 0.5) is 5.69 Å². The van der Waals surface area contributed by atoms with E-state index in [1.165, 1.54) is 27.4 Å². The van der Waals surface area contributed by atoms with Crippen molar-refractivity contribution in [3.8, 4) is 11.1 Å². The number of hydrogen-bond donors (Lipinski definition) is 2. The molecular weight excluding hydrogens is 404 g/mol. The van der Waals surface area contributed by atoms with E-state index in [2.05, 4.69) is 84.4 Å². The first-order valence-corrected chi connectivity index (χ1v) is 10.5. The largest absolute Gasteiger partial charge is 0.550 e. The molecule has 0 atom stereocenters. The highest BCUT2D eigenvalue weighted by Crippen LogP contribution is 2.34. The van der Waals surface area contributed by atoms with E-state index < -0.39 is 5.97 Å². The fourth-order valence-electron chi connectivity index (χ4n) is 3.99. The lowest BCUT2D eigenvalue weighted by Crippen LogP contribution is -2.30. The smallest absolute Gasteiger partial charge is 0.213 e. The minimum atomic E-state index is -1.08.